The highest BCUT2D eigenvalue weighted by atomic mass is 15.1. The minimum atomic E-state index is 0.687. The summed E-state index contributed by atoms with van der Waals surface area (Å²) in [5.41, 5.74) is 3.06. The first kappa shape index (κ1) is 10.7. The summed E-state index contributed by atoms with van der Waals surface area (Å²) in [5, 5.41) is 3.28. The van der Waals surface area contributed by atoms with Gasteiger partial charge in [-0.25, -0.2) is 9.97 Å². The number of pyridine rings is 1. The van der Waals surface area contributed by atoms with Crippen LogP contribution in [0, 0.1) is 6.92 Å². The summed E-state index contributed by atoms with van der Waals surface area (Å²) < 4.78 is 2.01. The van der Waals surface area contributed by atoms with Crippen LogP contribution in [0.25, 0.3) is 5.65 Å². The highest BCUT2D eigenvalue weighted by Crippen LogP contribution is 2.14. The molecule has 0 bridgehead atoms. The number of hydrogen-bond acceptors (Lipinski definition) is 4. The summed E-state index contributed by atoms with van der Waals surface area (Å²) in [4.78, 5) is 12.8. The van der Waals surface area contributed by atoms with Crippen LogP contribution in [-0.4, -0.2) is 19.4 Å². The van der Waals surface area contributed by atoms with Crippen molar-refractivity contribution in [1.29, 1.82) is 0 Å². The number of hydrogen-bond donors (Lipinski definition) is 1. The summed E-state index contributed by atoms with van der Waals surface area (Å²) in [6.45, 7) is 2.71. The first-order chi connectivity index (χ1) is 8.84. The Morgan fingerprint density at radius 1 is 1.22 bits per heavy atom. The molecule has 3 aromatic heterocycles. The fourth-order valence-electron chi connectivity index (χ4n) is 1.85. The minimum absolute atomic E-state index is 0.687. The summed E-state index contributed by atoms with van der Waals surface area (Å²) >= 11 is 0. The Morgan fingerprint density at radius 2 is 2.17 bits per heavy atom. The third-order valence-corrected chi connectivity index (χ3v) is 2.80. The maximum Gasteiger partial charge on any atom is 0.180 e. The van der Waals surface area contributed by atoms with Crippen LogP contribution in [0.4, 0.5) is 5.82 Å². The highest BCUT2D eigenvalue weighted by molar-refractivity contribution is 5.62. The van der Waals surface area contributed by atoms with Crippen LogP contribution < -0.4 is 5.32 Å². The van der Waals surface area contributed by atoms with Crippen molar-refractivity contribution in [3.05, 3.63) is 54.4 Å². The fourth-order valence-corrected chi connectivity index (χ4v) is 1.85. The van der Waals surface area contributed by atoms with Crippen LogP contribution in [0.1, 0.15) is 11.3 Å². The minimum Gasteiger partial charge on any atom is -0.363 e. The Labute approximate surface area is 105 Å². The van der Waals surface area contributed by atoms with Gasteiger partial charge in [-0.2, -0.15) is 0 Å². The zero-order valence-electron chi connectivity index (χ0n) is 10.0. The van der Waals surface area contributed by atoms with Gasteiger partial charge in [0.1, 0.15) is 0 Å². The number of imidazole rings is 1. The van der Waals surface area contributed by atoms with E-state index in [1.165, 1.54) is 0 Å². The van der Waals surface area contributed by atoms with Crippen molar-refractivity contribution in [1.82, 2.24) is 19.4 Å². The second kappa shape index (κ2) is 4.44. The van der Waals surface area contributed by atoms with Crippen LogP contribution in [0.2, 0.25) is 0 Å². The van der Waals surface area contributed by atoms with Gasteiger partial charge in [0.25, 0.3) is 0 Å². The summed E-state index contributed by atoms with van der Waals surface area (Å²) in [6.07, 6.45) is 9.12. The monoisotopic (exact) mass is 239 g/mol. The Bertz CT molecular complexity index is 659. The molecular weight excluding hydrogens is 226 g/mol. The summed E-state index contributed by atoms with van der Waals surface area (Å²) in [7, 11) is 0. The van der Waals surface area contributed by atoms with Gasteiger partial charge in [-0.05, 0) is 18.6 Å². The van der Waals surface area contributed by atoms with Crippen LogP contribution in [0.3, 0.4) is 0 Å². The molecule has 0 aliphatic carbocycles. The van der Waals surface area contributed by atoms with Gasteiger partial charge in [0.2, 0.25) is 0 Å². The Hall–Kier alpha value is -2.43. The van der Waals surface area contributed by atoms with Gasteiger partial charge in [-0.15, -0.1) is 0 Å². The summed E-state index contributed by atoms with van der Waals surface area (Å²) in [6, 6.07) is 3.95. The average molecular weight is 239 g/mol. The molecule has 0 aliphatic rings. The molecule has 0 atom stereocenters. The Kier molecular flexibility index (Phi) is 2.64. The lowest BCUT2D eigenvalue weighted by Crippen LogP contribution is -2.04. The van der Waals surface area contributed by atoms with E-state index < -0.39 is 0 Å². The van der Waals surface area contributed by atoms with Crippen LogP contribution in [0.15, 0.2) is 43.1 Å². The smallest absolute Gasteiger partial charge is 0.180 e. The van der Waals surface area contributed by atoms with E-state index in [0.29, 0.717) is 6.54 Å². The number of rotatable bonds is 3. The molecule has 3 heterocycles. The van der Waals surface area contributed by atoms with E-state index in [1.54, 1.807) is 12.4 Å². The van der Waals surface area contributed by atoms with Crippen molar-refractivity contribution in [2.75, 3.05) is 5.32 Å². The molecule has 3 rings (SSSR count). The van der Waals surface area contributed by atoms with Gasteiger partial charge in [-0.1, -0.05) is 6.07 Å². The zero-order chi connectivity index (χ0) is 12.4. The lowest BCUT2D eigenvalue weighted by molar-refractivity contribution is 1.04. The molecule has 5 heteroatoms. The number of fused-ring (bicyclic) bond motifs is 1. The van der Waals surface area contributed by atoms with Gasteiger partial charge < -0.3 is 5.32 Å². The number of aromatic nitrogens is 4. The van der Waals surface area contributed by atoms with Gasteiger partial charge in [0.15, 0.2) is 11.5 Å². The molecule has 0 unspecified atom stereocenters. The van der Waals surface area contributed by atoms with Gasteiger partial charge >= 0.3 is 0 Å². The molecule has 18 heavy (non-hydrogen) atoms. The van der Waals surface area contributed by atoms with Gasteiger partial charge in [-0.3, -0.25) is 9.38 Å². The van der Waals surface area contributed by atoms with Crippen molar-refractivity contribution in [3.63, 3.8) is 0 Å². The Balaban J connectivity index is 1.87. The number of nitrogens with zero attached hydrogens (tertiary/aromatic N) is 4. The highest BCUT2D eigenvalue weighted by Gasteiger charge is 2.05. The zero-order valence-corrected chi connectivity index (χ0v) is 10.0. The number of aryl methyl sites for hydroxylation is 1. The van der Waals surface area contributed by atoms with E-state index in [-0.39, 0.29) is 0 Å². The van der Waals surface area contributed by atoms with E-state index in [2.05, 4.69) is 20.3 Å². The second-order valence-corrected chi connectivity index (χ2v) is 4.08. The fraction of sp³-hybridized carbons (Fsp3) is 0.154. The second-order valence-electron chi connectivity index (χ2n) is 4.08. The molecule has 90 valence electrons. The van der Waals surface area contributed by atoms with E-state index in [4.69, 9.17) is 0 Å². The molecule has 0 fully saturated rings. The molecule has 0 spiro atoms. The normalized spacial score (nSPS) is 10.7. The molecule has 0 saturated carbocycles. The van der Waals surface area contributed by atoms with Crippen molar-refractivity contribution in [2.24, 2.45) is 0 Å². The number of anilines is 1. The largest absolute Gasteiger partial charge is 0.363 e. The molecule has 0 amide bonds. The molecule has 1 N–H and O–H groups in total. The number of nitrogens with one attached hydrogen (secondary N) is 1. The van der Waals surface area contributed by atoms with Gasteiger partial charge in [0, 0.05) is 43.2 Å². The molecule has 5 nitrogen and oxygen atoms in total. The predicted octanol–water partition coefficient (Wildman–Crippen LogP) is 2.04. The maximum atomic E-state index is 4.35. The lowest BCUT2D eigenvalue weighted by atomic mass is 10.3. The first-order valence-corrected chi connectivity index (χ1v) is 5.76. The third-order valence-electron chi connectivity index (χ3n) is 2.80. The molecule has 0 radical (unpaired) electrons. The van der Waals surface area contributed by atoms with E-state index >= 15 is 0 Å². The standard InChI is InChI=1S/C13H13N5/c1-10-7-17-13-12(15-5-6-18(10)13)16-9-11-3-2-4-14-8-11/h2-8H,9H2,1H3,(H,15,16). The summed E-state index contributed by atoms with van der Waals surface area (Å²) in [5.74, 6) is 0.787. The first-order valence-electron chi connectivity index (χ1n) is 5.76. The van der Waals surface area contributed by atoms with Crippen LogP contribution in [0.5, 0.6) is 0 Å². The van der Waals surface area contributed by atoms with Crippen molar-refractivity contribution in [3.8, 4) is 0 Å². The molecular formula is C13H13N5. The molecule has 0 saturated heterocycles. The molecule has 0 aromatic carbocycles. The van der Waals surface area contributed by atoms with Crippen molar-refractivity contribution >= 4 is 11.5 Å². The van der Waals surface area contributed by atoms with E-state index in [0.717, 1.165) is 22.7 Å². The maximum absolute atomic E-state index is 4.35. The Morgan fingerprint density at radius 3 is 3.00 bits per heavy atom. The van der Waals surface area contributed by atoms with Gasteiger partial charge in [0.05, 0.1) is 0 Å². The predicted molar refractivity (Wildman–Crippen MR) is 69.3 cm³/mol. The SMILES string of the molecule is Cc1cnc2c(NCc3cccnc3)nccn12. The van der Waals surface area contributed by atoms with Crippen LogP contribution >= 0.6 is 0 Å². The molecule has 0 aliphatic heterocycles. The van der Waals surface area contributed by atoms with Crippen molar-refractivity contribution in [2.45, 2.75) is 13.5 Å². The van der Waals surface area contributed by atoms with Crippen molar-refractivity contribution < 1.29 is 0 Å². The van der Waals surface area contributed by atoms with E-state index in [9.17, 15) is 0 Å². The van der Waals surface area contributed by atoms with E-state index in [1.807, 2.05) is 42.0 Å². The molecule has 3 aromatic rings. The topological polar surface area (TPSA) is 55.1 Å². The average Bonchev–Trinajstić information content (AvgIpc) is 2.80. The third kappa shape index (κ3) is 1.90. The quantitative estimate of drug-likeness (QED) is 0.760. The lowest BCUT2D eigenvalue weighted by Gasteiger charge is -2.06. The van der Waals surface area contributed by atoms with Crippen LogP contribution in [-0.2, 0) is 6.54 Å².